The number of piperazine rings is 1. The zero-order chi connectivity index (χ0) is 16.2. The fraction of sp³-hybridized carbons (Fsp3) is 0.375. The van der Waals surface area contributed by atoms with Gasteiger partial charge in [-0.2, -0.15) is 0 Å². The second-order valence-electron chi connectivity index (χ2n) is 5.66. The number of imidazole rings is 1. The summed E-state index contributed by atoms with van der Waals surface area (Å²) in [6.07, 6.45) is 3.76. The summed E-state index contributed by atoms with van der Waals surface area (Å²) in [7, 11) is 2.00. The van der Waals surface area contributed by atoms with Crippen LogP contribution in [0.4, 0.5) is 11.6 Å². The first-order valence-electron chi connectivity index (χ1n) is 7.62. The van der Waals surface area contributed by atoms with E-state index in [0.717, 1.165) is 42.3 Å². The number of hydrogen-bond donors (Lipinski definition) is 1. The van der Waals surface area contributed by atoms with Crippen LogP contribution in [0.25, 0.3) is 0 Å². The number of anilines is 2. The summed E-state index contributed by atoms with van der Waals surface area (Å²) in [4.78, 5) is 20.9. The molecule has 1 saturated heterocycles. The number of carbonyl (C=O) groups is 1. The van der Waals surface area contributed by atoms with Crippen LogP contribution in [0.3, 0.4) is 0 Å². The van der Waals surface area contributed by atoms with E-state index in [9.17, 15) is 4.79 Å². The highest BCUT2D eigenvalue weighted by Gasteiger charge is 2.21. The summed E-state index contributed by atoms with van der Waals surface area (Å²) in [5.74, 6) is 1.02. The highest BCUT2D eigenvalue weighted by molar-refractivity contribution is 9.10. The zero-order valence-electron chi connectivity index (χ0n) is 13.1. The van der Waals surface area contributed by atoms with Crippen LogP contribution in [-0.2, 0) is 11.8 Å². The van der Waals surface area contributed by atoms with E-state index in [4.69, 9.17) is 0 Å². The molecule has 23 heavy (non-hydrogen) atoms. The molecule has 7 heteroatoms. The molecule has 0 bridgehead atoms. The molecule has 0 radical (unpaired) electrons. The zero-order valence-corrected chi connectivity index (χ0v) is 14.7. The molecule has 1 aliphatic heterocycles. The van der Waals surface area contributed by atoms with Gasteiger partial charge < -0.3 is 14.8 Å². The predicted molar refractivity (Wildman–Crippen MR) is 94.6 cm³/mol. The molecule has 1 fully saturated rings. The van der Waals surface area contributed by atoms with Gasteiger partial charge in [0.15, 0.2) is 0 Å². The van der Waals surface area contributed by atoms with E-state index >= 15 is 0 Å². The summed E-state index contributed by atoms with van der Waals surface area (Å²) in [5, 5.41) is 2.93. The number of amides is 1. The Morgan fingerprint density at radius 2 is 1.91 bits per heavy atom. The molecule has 1 aliphatic rings. The third-order valence-corrected chi connectivity index (χ3v) is 4.47. The van der Waals surface area contributed by atoms with Crippen LogP contribution in [0.2, 0.25) is 0 Å². The van der Waals surface area contributed by atoms with Gasteiger partial charge in [0.1, 0.15) is 0 Å². The smallest absolute Gasteiger partial charge is 0.238 e. The molecular weight excluding hydrogens is 358 g/mol. The molecule has 0 unspecified atom stereocenters. The Bertz CT molecular complexity index is 661. The van der Waals surface area contributed by atoms with Crippen LogP contribution in [0.15, 0.2) is 41.1 Å². The molecule has 6 nitrogen and oxygen atoms in total. The van der Waals surface area contributed by atoms with Crippen LogP contribution < -0.4 is 10.2 Å². The number of nitrogens with zero attached hydrogens (tertiary/aromatic N) is 4. The minimum absolute atomic E-state index is 0.0257. The number of aryl methyl sites for hydroxylation is 1. The Balaban J connectivity index is 1.47. The molecule has 1 N–H and O–H groups in total. The molecular formula is C16H20BrN5O. The van der Waals surface area contributed by atoms with Crippen molar-refractivity contribution in [2.45, 2.75) is 0 Å². The number of hydrogen-bond acceptors (Lipinski definition) is 4. The first-order valence-corrected chi connectivity index (χ1v) is 8.41. The average molecular weight is 378 g/mol. The van der Waals surface area contributed by atoms with E-state index in [1.165, 1.54) is 0 Å². The van der Waals surface area contributed by atoms with Gasteiger partial charge in [0.05, 0.1) is 6.54 Å². The van der Waals surface area contributed by atoms with Crippen LogP contribution in [-0.4, -0.2) is 53.1 Å². The Kier molecular flexibility index (Phi) is 4.97. The van der Waals surface area contributed by atoms with Crippen molar-refractivity contribution in [3.05, 3.63) is 41.1 Å². The Morgan fingerprint density at radius 1 is 1.22 bits per heavy atom. The summed E-state index contributed by atoms with van der Waals surface area (Å²) in [6, 6.07) is 7.62. The molecule has 2 aromatic rings. The molecule has 0 atom stereocenters. The number of benzene rings is 1. The number of halogens is 1. The van der Waals surface area contributed by atoms with Gasteiger partial charge in [-0.3, -0.25) is 9.69 Å². The Hall–Kier alpha value is -1.86. The van der Waals surface area contributed by atoms with Crippen molar-refractivity contribution >= 4 is 33.5 Å². The van der Waals surface area contributed by atoms with Crippen LogP contribution in [0.1, 0.15) is 0 Å². The summed E-state index contributed by atoms with van der Waals surface area (Å²) < 4.78 is 3.02. The van der Waals surface area contributed by atoms with E-state index in [1.54, 1.807) is 0 Å². The lowest BCUT2D eigenvalue weighted by molar-refractivity contribution is -0.117. The van der Waals surface area contributed by atoms with Crippen LogP contribution in [0.5, 0.6) is 0 Å². The van der Waals surface area contributed by atoms with Gasteiger partial charge in [-0.25, -0.2) is 4.98 Å². The number of rotatable bonds is 4. The molecule has 3 rings (SSSR count). The SMILES string of the molecule is Cn1ccnc1N1CCN(CC(=O)Nc2ccc(Br)cc2)CC1. The Morgan fingerprint density at radius 3 is 2.52 bits per heavy atom. The van der Waals surface area contributed by atoms with Crippen LogP contribution >= 0.6 is 15.9 Å². The number of nitrogens with one attached hydrogen (secondary N) is 1. The van der Waals surface area contributed by atoms with Crippen molar-refractivity contribution in [3.63, 3.8) is 0 Å². The highest BCUT2D eigenvalue weighted by atomic mass is 79.9. The van der Waals surface area contributed by atoms with E-state index in [2.05, 4.69) is 36.0 Å². The maximum Gasteiger partial charge on any atom is 0.238 e. The first kappa shape index (κ1) is 16.0. The molecule has 0 aliphatic carbocycles. The summed E-state index contributed by atoms with van der Waals surface area (Å²) in [5.41, 5.74) is 0.824. The van der Waals surface area contributed by atoms with Crippen molar-refractivity contribution in [3.8, 4) is 0 Å². The number of aromatic nitrogens is 2. The monoisotopic (exact) mass is 377 g/mol. The largest absolute Gasteiger partial charge is 0.340 e. The fourth-order valence-corrected chi connectivity index (χ4v) is 2.97. The maximum absolute atomic E-state index is 12.1. The van der Waals surface area contributed by atoms with Gasteiger partial charge in [0.2, 0.25) is 11.9 Å². The molecule has 0 spiro atoms. The lowest BCUT2D eigenvalue weighted by Gasteiger charge is -2.34. The van der Waals surface area contributed by atoms with Gasteiger partial charge in [-0.1, -0.05) is 15.9 Å². The quantitative estimate of drug-likeness (QED) is 0.884. The standard InChI is InChI=1S/C16H20BrN5O/c1-20-7-6-18-16(20)22-10-8-21(9-11-22)12-15(23)19-14-4-2-13(17)3-5-14/h2-7H,8-12H2,1H3,(H,19,23). The molecule has 1 aromatic carbocycles. The first-order chi connectivity index (χ1) is 11.1. The van der Waals surface area contributed by atoms with Gasteiger partial charge in [-0.15, -0.1) is 0 Å². The minimum Gasteiger partial charge on any atom is -0.340 e. The van der Waals surface area contributed by atoms with E-state index in [0.29, 0.717) is 6.54 Å². The normalized spacial score (nSPS) is 15.7. The van der Waals surface area contributed by atoms with Crippen molar-refractivity contribution < 1.29 is 4.79 Å². The van der Waals surface area contributed by atoms with E-state index in [1.807, 2.05) is 48.3 Å². The van der Waals surface area contributed by atoms with Crippen molar-refractivity contribution in [2.24, 2.45) is 7.05 Å². The second-order valence-corrected chi connectivity index (χ2v) is 6.57. The van der Waals surface area contributed by atoms with Crippen LogP contribution in [0, 0.1) is 0 Å². The molecule has 2 heterocycles. The van der Waals surface area contributed by atoms with E-state index in [-0.39, 0.29) is 5.91 Å². The third kappa shape index (κ3) is 4.11. The maximum atomic E-state index is 12.1. The second kappa shape index (κ2) is 7.14. The van der Waals surface area contributed by atoms with Gasteiger partial charge in [-0.05, 0) is 24.3 Å². The summed E-state index contributed by atoms with van der Waals surface area (Å²) >= 11 is 3.39. The van der Waals surface area contributed by atoms with Crippen molar-refractivity contribution in [1.29, 1.82) is 0 Å². The predicted octanol–water partition coefficient (Wildman–Crippen LogP) is 1.94. The Labute approximate surface area is 144 Å². The van der Waals surface area contributed by atoms with E-state index < -0.39 is 0 Å². The van der Waals surface area contributed by atoms with Crippen molar-refractivity contribution in [2.75, 3.05) is 42.9 Å². The molecule has 122 valence electrons. The van der Waals surface area contributed by atoms with Gasteiger partial charge in [0, 0.05) is 55.8 Å². The highest BCUT2D eigenvalue weighted by Crippen LogP contribution is 2.15. The summed E-state index contributed by atoms with van der Waals surface area (Å²) in [6.45, 7) is 3.92. The topological polar surface area (TPSA) is 53.4 Å². The van der Waals surface area contributed by atoms with Crippen molar-refractivity contribution in [1.82, 2.24) is 14.5 Å². The lowest BCUT2D eigenvalue weighted by atomic mass is 10.3. The average Bonchev–Trinajstić information content (AvgIpc) is 2.96. The van der Waals surface area contributed by atoms with Gasteiger partial charge in [0.25, 0.3) is 0 Å². The third-order valence-electron chi connectivity index (χ3n) is 3.95. The van der Waals surface area contributed by atoms with Gasteiger partial charge >= 0.3 is 0 Å². The lowest BCUT2D eigenvalue weighted by Crippen LogP contribution is -2.49. The fourth-order valence-electron chi connectivity index (χ4n) is 2.71. The molecule has 0 saturated carbocycles. The minimum atomic E-state index is 0.0257. The number of carbonyl (C=O) groups excluding carboxylic acids is 1. The molecule has 1 amide bonds. The molecule has 1 aromatic heterocycles.